The average Bonchev–Trinajstić information content (AvgIpc) is 3.48. The minimum atomic E-state index is -0.324. The smallest absolute Gasteiger partial charge is 0.166 e. The monoisotopic (exact) mass is 421 g/mol. The summed E-state index contributed by atoms with van der Waals surface area (Å²) in [6.07, 6.45) is 3.38. The number of ether oxygens (including phenoxy) is 1. The number of likely N-dealkylation sites (tertiary alicyclic amines) is 1. The van der Waals surface area contributed by atoms with E-state index in [-0.39, 0.29) is 5.82 Å². The summed E-state index contributed by atoms with van der Waals surface area (Å²) >= 11 is 0. The Bertz CT molecular complexity index is 986. The second-order valence-corrected chi connectivity index (χ2v) is 9.34. The molecule has 1 saturated carbocycles. The second-order valence-electron chi connectivity index (χ2n) is 9.34. The SMILES string of the molecule is Cc1ccc(F)cc1-c1cc(C#N)c(N[C@H]2C[C@@H]3CN(C[C@@H]4CCOC4)C[C@@H]3C2)nn1. The molecule has 1 aromatic carbocycles. The molecule has 0 amide bonds. The van der Waals surface area contributed by atoms with Crippen LogP contribution in [-0.2, 0) is 4.74 Å². The normalized spacial score (nSPS) is 27.9. The topological polar surface area (TPSA) is 74.1 Å². The molecule has 1 N–H and O–H groups in total. The third-order valence-corrected chi connectivity index (χ3v) is 7.10. The van der Waals surface area contributed by atoms with Crippen LogP contribution in [0.3, 0.4) is 0 Å². The van der Waals surface area contributed by atoms with Crippen molar-refractivity contribution in [2.75, 3.05) is 38.2 Å². The lowest BCUT2D eigenvalue weighted by atomic mass is 10.0. The number of anilines is 1. The second kappa shape index (κ2) is 8.52. The molecular weight excluding hydrogens is 393 g/mol. The Labute approximate surface area is 182 Å². The molecule has 162 valence electrons. The number of rotatable bonds is 5. The highest BCUT2D eigenvalue weighted by atomic mass is 19.1. The molecule has 3 aliphatic rings. The molecule has 0 unspecified atom stereocenters. The number of benzene rings is 1. The van der Waals surface area contributed by atoms with Gasteiger partial charge in [0.2, 0.25) is 0 Å². The molecule has 0 radical (unpaired) electrons. The third kappa shape index (κ3) is 4.28. The molecular formula is C24H28FN5O. The van der Waals surface area contributed by atoms with Crippen LogP contribution < -0.4 is 5.32 Å². The van der Waals surface area contributed by atoms with Crippen LogP contribution in [0.4, 0.5) is 10.2 Å². The molecule has 5 rings (SSSR count). The fraction of sp³-hybridized carbons (Fsp3) is 0.542. The van der Waals surface area contributed by atoms with Gasteiger partial charge in [0.25, 0.3) is 0 Å². The van der Waals surface area contributed by atoms with Gasteiger partial charge in [0.1, 0.15) is 11.9 Å². The van der Waals surface area contributed by atoms with Gasteiger partial charge < -0.3 is 15.0 Å². The number of nitrogens with zero attached hydrogens (tertiary/aromatic N) is 4. The maximum atomic E-state index is 13.7. The van der Waals surface area contributed by atoms with Crippen LogP contribution in [0.25, 0.3) is 11.3 Å². The van der Waals surface area contributed by atoms with Gasteiger partial charge in [-0.25, -0.2) is 4.39 Å². The van der Waals surface area contributed by atoms with Crippen LogP contribution in [-0.4, -0.2) is 54.0 Å². The molecule has 7 heteroatoms. The van der Waals surface area contributed by atoms with Gasteiger partial charge in [-0.1, -0.05) is 6.07 Å². The van der Waals surface area contributed by atoms with E-state index in [9.17, 15) is 9.65 Å². The predicted molar refractivity (Wildman–Crippen MR) is 116 cm³/mol. The van der Waals surface area contributed by atoms with Crippen molar-refractivity contribution in [1.29, 1.82) is 5.26 Å². The first-order chi connectivity index (χ1) is 15.1. The number of aromatic nitrogens is 2. The molecule has 3 fully saturated rings. The molecule has 31 heavy (non-hydrogen) atoms. The summed E-state index contributed by atoms with van der Waals surface area (Å²) in [4.78, 5) is 2.61. The zero-order valence-corrected chi connectivity index (χ0v) is 17.9. The van der Waals surface area contributed by atoms with E-state index in [1.807, 2.05) is 6.92 Å². The summed E-state index contributed by atoms with van der Waals surface area (Å²) in [5.41, 5.74) is 2.54. The van der Waals surface area contributed by atoms with Gasteiger partial charge in [-0.15, -0.1) is 10.2 Å². The van der Waals surface area contributed by atoms with E-state index in [1.54, 1.807) is 12.1 Å². The third-order valence-electron chi connectivity index (χ3n) is 7.10. The first-order valence-electron chi connectivity index (χ1n) is 11.2. The molecule has 2 aliphatic heterocycles. The number of aryl methyl sites for hydroxylation is 1. The Balaban J connectivity index is 1.23. The first-order valence-corrected chi connectivity index (χ1v) is 11.2. The lowest BCUT2D eigenvalue weighted by Gasteiger charge is -2.22. The van der Waals surface area contributed by atoms with Crippen molar-refractivity contribution in [2.24, 2.45) is 17.8 Å². The fourth-order valence-corrected chi connectivity index (χ4v) is 5.54. The standard InChI is InChI=1S/C24H28FN5O/c1-15-2-3-20(25)9-22(15)23-8-17(10-26)24(29-28-23)27-21-6-18-12-30(13-19(18)7-21)11-16-4-5-31-14-16/h2-3,8-9,16,18-19,21H,4-7,11-14H2,1H3,(H,27,29)/t16-,18-,19+,21+/m0/s1. The van der Waals surface area contributed by atoms with E-state index in [0.717, 1.165) is 51.3 Å². The largest absolute Gasteiger partial charge is 0.381 e. The zero-order chi connectivity index (χ0) is 21.4. The molecule has 1 aromatic heterocycles. The highest BCUT2D eigenvalue weighted by Crippen LogP contribution is 2.40. The quantitative estimate of drug-likeness (QED) is 0.795. The maximum Gasteiger partial charge on any atom is 0.166 e. The van der Waals surface area contributed by atoms with Crippen LogP contribution >= 0.6 is 0 Å². The summed E-state index contributed by atoms with van der Waals surface area (Å²) in [5, 5.41) is 21.7. The van der Waals surface area contributed by atoms with Crippen LogP contribution in [0.1, 0.15) is 30.4 Å². The van der Waals surface area contributed by atoms with Crippen LogP contribution in [0, 0.1) is 41.8 Å². The van der Waals surface area contributed by atoms with Crippen molar-refractivity contribution in [2.45, 2.75) is 32.2 Å². The Hall–Kier alpha value is -2.56. The van der Waals surface area contributed by atoms with E-state index in [2.05, 4.69) is 26.5 Å². The van der Waals surface area contributed by atoms with Crippen LogP contribution in [0.15, 0.2) is 24.3 Å². The molecule has 2 aromatic rings. The van der Waals surface area contributed by atoms with Crippen LogP contribution in [0.5, 0.6) is 0 Å². The average molecular weight is 422 g/mol. The van der Waals surface area contributed by atoms with E-state index >= 15 is 0 Å². The van der Waals surface area contributed by atoms with Crippen molar-refractivity contribution >= 4 is 5.82 Å². The van der Waals surface area contributed by atoms with E-state index in [1.165, 1.54) is 18.6 Å². The van der Waals surface area contributed by atoms with Crippen molar-refractivity contribution in [1.82, 2.24) is 15.1 Å². The van der Waals surface area contributed by atoms with Crippen molar-refractivity contribution in [3.8, 4) is 17.3 Å². The summed E-state index contributed by atoms with van der Waals surface area (Å²) < 4.78 is 19.2. The summed E-state index contributed by atoms with van der Waals surface area (Å²) in [6, 6.07) is 8.83. The lowest BCUT2D eigenvalue weighted by Crippen LogP contribution is -2.30. The Kier molecular flexibility index (Phi) is 5.59. The number of nitriles is 1. The lowest BCUT2D eigenvalue weighted by molar-refractivity contribution is 0.171. The number of halogens is 1. The number of fused-ring (bicyclic) bond motifs is 1. The van der Waals surface area contributed by atoms with Gasteiger partial charge in [0.05, 0.1) is 17.9 Å². The molecule has 3 heterocycles. The van der Waals surface area contributed by atoms with E-state index < -0.39 is 0 Å². The molecule has 1 aliphatic carbocycles. The van der Waals surface area contributed by atoms with Gasteiger partial charge >= 0.3 is 0 Å². The van der Waals surface area contributed by atoms with Crippen molar-refractivity contribution in [3.63, 3.8) is 0 Å². The summed E-state index contributed by atoms with van der Waals surface area (Å²) in [6.45, 7) is 7.21. The summed E-state index contributed by atoms with van der Waals surface area (Å²) in [5.74, 6) is 2.31. The van der Waals surface area contributed by atoms with Gasteiger partial charge in [0, 0.05) is 37.8 Å². The number of nitrogens with one attached hydrogen (secondary N) is 1. The summed E-state index contributed by atoms with van der Waals surface area (Å²) in [7, 11) is 0. The maximum absolute atomic E-state index is 13.7. The first kappa shape index (κ1) is 20.3. The zero-order valence-electron chi connectivity index (χ0n) is 17.9. The van der Waals surface area contributed by atoms with Crippen molar-refractivity contribution < 1.29 is 9.13 Å². The van der Waals surface area contributed by atoms with Gasteiger partial charge in [-0.2, -0.15) is 5.26 Å². The molecule has 2 saturated heterocycles. The van der Waals surface area contributed by atoms with Crippen LogP contribution in [0.2, 0.25) is 0 Å². The van der Waals surface area contributed by atoms with Gasteiger partial charge in [-0.05, 0) is 67.7 Å². The Morgan fingerprint density at radius 1 is 1.23 bits per heavy atom. The Morgan fingerprint density at radius 2 is 2.03 bits per heavy atom. The van der Waals surface area contributed by atoms with Crippen molar-refractivity contribution in [3.05, 3.63) is 41.2 Å². The number of hydrogen-bond donors (Lipinski definition) is 1. The minimum Gasteiger partial charge on any atom is -0.381 e. The van der Waals surface area contributed by atoms with E-state index in [0.29, 0.717) is 46.4 Å². The van der Waals surface area contributed by atoms with Gasteiger partial charge in [-0.3, -0.25) is 0 Å². The highest BCUT2D eigenvalue weighted by molar-refractivity contribution is 5.67. The molecule has 4 atom stereocenters. The number of hydrogen-bond acceptors (Lipinski definition) is 6. The molecule has 0 bridgehead atoms. The van der Waals surface area contributed by atoms with E-state index in [4.69, 9.17) is 4.74 Å². The molecule has 0 spiro atoms. The minimum absolute atomic E-state index is 0.315. The highest BCUT2D eigenvalue weighted by Gasteiger charge is 2.41. The fourth-order valence-electron chi connectivity index (χ4n) is 5.54. The predicted octanol–water partition coefficient (Wildman–Crippen LogP) is 3.62. The Morgan fingerprint density at radius 3 is 2.74 bits per heavy atom. The van der Waals surface area contributed by atoms with Gasteiger partial charge in [0.15, 0.2) is 5.82 Å². The molecule has 6 nitrogen and oxygen atoms in total.